The predicted octanol–water partition coefficient (Wildman–Crippen LogP) is 11.3. The number of benzene rings is 8. The number of fused-ring (bicyclic) bond motifs is 9. The Morgan fingerprint density at radius 1 is 0.318 bits per heavy atom. The molecular formula is C42H26OS. The van der Waals surface area contributed by atoms with Crippen molar-refractivity contribution in [3.05, 3.63) is 158 Å². The molecule has 8 aromatic rings. The lowest BCUT2D eigenvalue weighted by Crippen LogP contribution is -1.91. The van der Waals surface area contributed by atoms with Gasteiger partial charge in [-0.25, -0.2) is 4.21 Å². The van der Waals surface area contributed by atoms with Gasteiger partial charge in [0.15, 0.2) is 0 Å². The summed E-state index contributed by atoms with van der Waals surface area (Å²) in [5, 5.41) is 7.70. The Bertz CT molecular complexity index is 2440. The molecule has 9 rings (SSSR count). The molecule has 1 aliphatic rings. The third-order valence-corrected chi connectivity index (χ3v) is 10.6. The molecule has 0 fully saturated rings. The maximum absolute atomic E-state index is 13.6. The van der Waals surface area contributed by atoms with Crippen molar-refractivity contribution in [2.24, 2.45) is 0 Å². The summed E-state index contributed by atoms with van der Waals surface area (Å²) in [6.07, 6.45) is 0. The molecule has 1 aliphatic heterocycles. The molecule has 1 heterocycles. The second-order valence-electron chi connectivity index (χ2n) is 11.5. The van der Waals surface area contributed by atoms with E-state index in [0.717, 1.165) is 43.2 Å². The van der Waals surface area contributed by atoms with Crippen molar-refractivity contribution in [3.63, 3.8) is 0 Å². The van der Waals surface area contributed by atoms with E-state index in [4.69, 9.17) is 0 Å². The van der Waals surface area contributed by atoms with Crippen molar-refractivity contribution in [1.29, 1.82) is 0 Å². The monoisotopic (exact) mass is 578 g/mol. The van der Waals surface area contributed by atoms with Gasteiger partial charge in [-0.3, -0.25) is 0 Å². The smallest absolute Gasteiger partial charge is 0.0868 e. The number of hydrogen-bond acceptors (Lipinski definition) is 1. The molecule has 0 aromatic heterocycles. The standard InChI is InChI=1S/C42H26OS/c43-44-41-21-6-5-18-38(41)39-20-9-19-32(42(39)44)31-13-8-12-29(25-31)27-10-7-11-28(24-27)30-22-23-37-35-16-2-1-14-33(35)34-15-3-4-17-36(34)40(37)26-30/h1-26H. The third kappa shape index (κ3) is 3.81. The van der Waals surface area contributed by atoms with E-state index in [-0.39, 0.29) is 0 Å². The summed E-state index contributed by atoms with van der Waals surface area (Å²) in [4.78, 5) is 1.81. The van der Waals surface area contributed by atoms with Gasteiger partial charge in [-0.15, -0.1) is 0 Å². The molecule has 0 saturated carbocycles. The van der Waals surface area contributed by atoms with Crippen LogP contribution in [-0.2, 0) is 10.8 Å². The first-order valence-electron chi connectivity index (χ1n) is 14.9. The second kappa shape index (κ2) is 9.87. The average molecular weight is 579 g/mol. The molecule has 0 spiro atoms. The minimum Gasteiger partial charge on any atom is -0.249 e. The summed E-state index contributed by atoms with van der Waals surface area (Å²) < 4.78 is 13.6. The summed E-state index contributed by atoms with van der Waals surface area (Å²) in [5.41, 5.74) is 8.93. The Morgan fingerprint density at radius 3 is 1.45 bits per heavy atom. The van der Waals surface area contributed by atoms with Crippen LogP contribution in [0.1, 0.15) is 0 Å². The van der Waals surface area contributed by atoms with Gasteiger partial charge in [0, 0.05) is 5.56 Å². The fourth-order valence-corrected chi connectivity index (χ4v) is 8.53. The maximum Gasteiger partial charge on any atom is 0.0868 e. The Labute approximate surface area is 258 Å². The molecule has 0 saturated heterocycles. The van der Waals surface area contributed by atoms with Crippen molar-refractivity contribution in [2.75, 3.05) is 0 Å². The summed E-state index contributed by atoms with van der Waals surface area (Å²) in [6.45, 7) is 0. The molecule has 0 bridgehead atoms. The molecular weight excluding hydrogens is 553 g/mol. The zero-order valence-electron chi connectivity index (χ0n) is 23.8. The predicted molar refractivity (Wildman–Crippen MR) is 185 cm³/mol. The van der Waals surface area contributed by atoms with E-state index in [1.54, 1.807) is 0 Å². The first-order chi connectivity index (χ1) is 21.7. The molecule has 2 heteroatoms. The van der Waals surface area contributed by atoms with Crippen LogP contribution in [0.2, 0.25) is 0 Å². The molecule has 0 radical (unpaired) electrons. The summed E-state index contributed by atoms with van der Waals surface area (Å²) >= 11 is 0. The van der Waals surface area contributed by atoms with E-state index in [2.05, 4.69) is 140 Å². The van der Waals surface area contributed by atoms with Crippen LogP contribution in [0.4, 0.5) is 0 Å². The summed E-state index contributed by atoms with van der Waals surface area (Å²) in [5.74, 6) is 0. The van der Waals surface area contributed by atoms with Crippen LogP contribution in [0.25, 0.3) is 76.8 Å². The Kier molecular flexibility index (Phi) is 5.66. The average Bonchev–Trinajstić information content (AvgIpc) is 3.40. The van der Waals surface area contributed by atoms with Crippen LogP contribution in [0.3, 0.4) is 0 Å². The van der Waals surface area contributed by atoms with E-state index in [9.17, 15) is 4.21 Å². The van der Waals surface area contributed by atoms with Crippen LogP contribution in [0.15, 0.2) is 168 Å². The molecule has 206 valence electrons. The van der Waals surface area contributed by atoms with Crippen LogP contribution < -0.4 is 0 Å². The van der Waals surface area contributed by atoms with E-state index in [1.165, 1.54) is 43.4 Å². The fourth-order valence-electron chi connectivity index (χ4n) is 6.97. The van der Waals surface area contributed by atoms with Gasteiger partial charge in [-0.1, -0.05) is 133 Å². The van der Waals surface area contributed by atoms with Gasteiger partial charge < -0.3 is 0 Å². The van der Waals surface area contributed by atoms with Gasteiger partial charge in [-0.05, 0) is 95.5 Å². The van der Waals surface area contributed by atoms with Crippen LogP contribution in [-0.4, -0.2) is 4.21 Å². The van der Waals surface area contributed by atoms with Crippen molar-refractivity contribution in [1.82, 2.24) is 0 Å². The Morgan fingerprint density at radius 2 is 0.773 bits per heavy atom. The maximum atomic E-state index is 13.6. The van der Waals surface area contributed by atoms with E-state index >= 15 is 0 Å². The molecule has 0 amide bonds. The lowest BCUT2D eigenvalue weighted by atomic mass is 9.91. The SMILES string of the molecule is O=S1c2ccccc2-c2cccc(-c3cccc(-c4cccc(-c5ccc6c7ccccc7c7ccccc7c6c5)c4)c3)c21. The van der Waals surface area contributed by atoms with Gasteiger partial charge in [0.2, 0.25) is 0 Å². The largest absolute Gasteiger partial charge is 0.249 e. The lowest BCUT2D eigenvalue weighted by Gasteiger charge is -2.13. The van der Waals surface area contributed by atoms with Crippen LogP contribution >= 0.6 is 0 Å². The first kappa shape index (κ1) is 25.2. The molecule has 1 nitrogen and oxygen atoms in total. The molecule has 1 atom stereocenters. The van der Waals surface area contributed by atoms with Crippen molar-refractivity contribution in [3.8, 4) is 44.5 Å². The third-order valence-electron chi connectivity index (χ3n) is 9.02. The molecule has 1 unspecified atom stereocenters. The number of rotatable bonds is 3. The highest BCUT2D eigenvalue weighted by Gasteiger charge is 2.28. The zero-order valence-corrected chi connectivity index (χ0v) is 24.6. The second-order valence-corrected chi connectivity index (χ2v) is 12.8. The summed E-state index contributed by atoms with van der Waals surface area (Å²) in [6, 6.07) is 56.0. The van der Waals surface area contributed by atoms with Gasteiger partial charge in [-0.2, -0.15) is 0 Å². The van der Waals surface area contributed by atoms with Crippen LogP contribution in [0.5, 0.6) is 0 Å². The van der Waals surface area contributed by atoms with Crippen LogP contribution in [0, 0.1) is 0 Å². The lowest BCUT2D eigenvalue weighted by molar-refractivity contribution is 0.685. The summed E-state index contributed by atoms with van der Waals surface area (Å²) in [7, 11) is -1.20. The highest BCUT2D eigenvalue weighted by Crippen LogP contribution is 2.45. The first-order valence-corrected chi connectivity index (χ1v) is 16.1. The molecule has 44 heavy (non-hydrogen) atoms. The topological polar surface area (TPSA) is 17.1 Å². The highest BCUT2D eigenvalue weighted by atomic mass is 32.2. The van der Waals surface area contributed by atoms with Gasteiger partial charge >= 0.3 is 0 Å². The molecule has 0 aliphatic carbocycles. The zero-order chi connectivity index (χ0) is 29.2. The van der Waals surface area contributed by atoms with E-state index < -0.39 is 10.8 Å². The van der Waals surface area contributed by atoms with Gasteiger partial charge in [0.25, 0.3) is 0 Å². The van der Waals surface area contributed by atoms with Crippen molar-refractivity contribution in [2.45, 2.75) is 9.79 Å². The minimum absolute atomic E-state index is 0.898. The normalized spacial score (nSPS) is 13.8. The Hall–Kier alpha value is -5.31. The highest BCUT2D eigenvalue weighted by molar-refractivity contribution is 7.86. The van der Waals surface area contributed by atoms with E-state index in [0.29, 0.717) is 0 Å². The van der Waals surface area contributed by atoms with Crippen molar-refractivity contribution < 1.29 is 4.21 Å². The quantitative estimate of drug-likeness (QED) is 0.191. The van der Waals surface area contributed by atoms with Gasteiger partial charge in [0.05, 0.1) is 20.6 Å². The van der Waals surface area contributed by atoms with Gasteiger partial charge in [0.1, 0.15) is 0 Å². The molecule has 8 aromatic carbocycles. The Balaban J connectivity index is 1.15. The van der Waals surface area contributed by atoms with Crippen molar-refractivity contribution >= 4 is 43.1 Å². The fraction of sp³-hybridized carbons (Fsp3) is 0. The number of hydrogen-bond donors (Lipinski definition) is 0. The molecule has 0 N–H and O–H groups in total. The van der Waals surface area contributed by atoms with E-state index in [1.807, 2.05) is 18.2 Å². The minimum atomic E-state index is -1.20.